The minimum atomic E-state index is -0.458. The van der Waals surface area contributed by atoms with E-state index in [0.29, 0.717) is 5.56 Å². The zero-order valence-corrected chi connectivity index (χ0v) is 10.5. The predicted molar refractivity (Wildman–Crippen MR) is 66.6 cm³/mol. The van der Waals surface area contributed by atoms with Crippen LogP contribution in [-0.2, 0) is 4.79 Å². The van der Waals surface area contributed by atoms with E-state index >= 15 is 0 Å². The highest BCUT2D eigenvalue weighted by Gasteiger charge is 2.46. The van der Waals surface area contributed by atoms with Gasteiger partial charge in [-0.25, -0.2) is 4.39 Å². The number of amides is 1. The lowest BCUT2D eigenvalue weighted by atomic mass is 10.00. The molecule has 1 saturated carbocycles. The van der Waals surface area contributed by atoms with Crippen LogP contribution in [0.2, 0.25) is 5.02 Å². The third-order valence-electron chi connectivity index (χ3n) is 3.64. The van der Waals surface area contributed by atoms with Gasteiger partial charge < -0.3 is 10.6 Å². The van der Waals surface area contributed by atoms with E-state index in [9.17, 15) is 9.18 Å². The molecule has 0 spiro atoms. The average Bonchev–Trinajstić information content (AvgIpc) is 3.09. The summed E-state index contributed by atoms with van der Waals surface area (Å²) in [5.41, 5.74) is 6.44. The van der Waals surface area contributed by atoms with Crippen LogP contribution in [0, 0.1) is 5.82 Å². The van der Waals surface area contributed by atoms with Gasteiger partial charge >= 0.3 is 0 Å². The van der Waals surface area contributed by atoms with Gasteiger partial charge in [-0.15, -0.1) is 0 Å². The van der Waals surface area contributed by atoms with Gasteiger partial charge in [0.1, 0.15) is 5.82 Å². The Morgan fingerprint density at radius 1 is 1.39 bits per heavy atom. The van der Waals surface area contributed by atoms with Crippen molar-refractivity contribution in [3.05, 3.63) is 34.6 Å². The molecule has 3 nitrogen and oxygen atoms in total. The van der Waals surface area contributed by atoms with Gasteiger partial charge in [-0.05, 0) is 18.9 Å². The van der Waals surface area contributed by atoms with E-state index in [4.69, 9.17) is 17.3 Å². The molecule has 1 aliphatic heterocycles. The molecule has 1 aromatic carbocycles. The lowest BCUT2D eigenvalue weighted by Gasteiger charge is -2.27. The first-order chi connectivity index (χ1) is 8.59. The highest BCUT2D eigenvalue weighted by molar-refractivity contribution is 6.30. The first-order valence-electron chi connectivity index (χ1n) is 6.10. The van der Waals surface area contributed by atoms with Crippen LogP contribution in [0.4, 0.5) is 4.39 Å². The summed E-state index contributed by atoms with van der Waals surface area (Å²) in [6.07, 6.45) is 2.25. The Hall–Kier alpha value is -1.13. The lowest BCUT2D eigenvalue weighted by molar-refractivity contribution is -0.129. The smallest absolute Gasteiger partial charge is 0.225 e. The topological polar surface area (TPSA) is 46.3 Å². The maximum atomic E-state index is 14.1. The Kier molecular flexibility index (Phi) is 2.79. The molecule has 2 unspecified atom stereocenters. The Morgan fingerprint density at radius 2 is 2.11 bits per heavy atom. The van der Waals surface area contributed by atoms with Crippen molar-refractivity contribution in [2.75, 3.05) is 0 Å². The van der Waals surface area contributed by atoms with Crippen LogP contribution in [0.25, 0.3) is 0 Å². The zero-order valence-electron chi connectivity index (χ0n) is 9.77. The number of nitrogens with two attached hydrogens (primary N) is 1. The molecule has 0 radical (unpaired) electrons. The highest BCUT2D eigenvalue weighted by atomic mass is 35.5. The summed E-state index contributed by atoms with van der Waals surface area (Å²) in [5, 5.41) is 0.0785. The molecule has 2 N–H and O–H groups in total. The number of hydrogen-bond acceptors (Lipinski definition) is 2. The van der Waals surface area contributed by atoms with E-state index < -0.39 is 5.82 Å². The molecule has 1 heterocycles. The van der Waals surface area contributed by atoms with Gasteiger partial charge in [-0.1, -0.05) is 23.7 Å². The molecule has 1 saturated heterocycles. The lowest BCUT2D eigenvalue weighted by Crippen LogP contribution is -2.35. The standard InChI is InChI=1S/C13H14ClFN2O/c14-9-3-1-2-8(12(9)15)13-10(16)6-11(18)17(13)7-4-5-7/h1-3,7,10,13H,4-6,16H2. The summed E-state index contributed by atoms with van der Waals surface area (Å²) >= 11 is 5.80. The van der Waals surface area contributed by atoms with Crippen molar-refractivity contribution in [2.45, 2.75) is 37.4 Å². The highest BCUT2D eigenvalue weighted by Crippen LogP contribution is 2.42. The molecule has 1 amide bonds. The SMILES string of the molecule is NC1CC(=O)N(C2CC2)C1c1cccc(Cl)c1F. The maximum Gasteiger partial charge on any atom is 0.225 e. The van der Waals surface area contributed by atoms with E-state index in [1.54, 1.807) is 17.0 Å². The third kappa shape index (κ3) is 1.80. The summed E-state index contributed by atoms with van der Waals surface area (Å²) in [6, 6.07) is 4.37. The molecule has 2 aliphatic rings. The Bertz CT molecular complexity index is 504. The summed E-state index contributed by atoms with van der Waals surface area (Å²) in [4.78, 5) is 13.7. The van der Waals surface area contributed by atoms with Gasteiger partial charge in [-0.3, -0.25) is 4.79 Å². The van der Waals surface area contributed by atoms with Crippen molar-refractivity contribution in [1.29, 1.82) is 0 Å². The van der Waals surface area contributed by atoms with Crippen LogP contribution >= 0.6 is 11.6 Å². The normalized spacial score (nSPS) is 27.9. The number of rotatable bonds is 2. The van der Waals surface area contributed by atoms with E-state index in [-0.39, 0.29) is 35.5 Å². The summed E-state index contributed by atoms with van der Waals surface area (Å²) in [7, 11) is 0. The number of nitrogens with zero attached hydrogens (tertiary/aromatic N) is 1. The van der Waals surface area contributed by atoms with Crippen molar-refractivity contribution >= 4 is 17.5 Å². The van der Waals surface area contributed by atoms with Gasteiger partial charge in [0.15, 0.2) is 0 Å². The monoisotopic (exact) mass is 268 g/mol. The van der Waals surface area contributed by atoms with E-state index in [1.807, 2.05) is 0 Å². The molecule has 3 rings (SSSR count). The third-order valence-corrected chi connectivity index (χ3v) is 3.94. The van der Waals surface area contributed by atoms with Gasteiger partial charge in [0, 0.05) is 24.1 Å². The van der Waals surface area contributed by atoms with Gasteiger partial charge in [0.25, 0.3) is 0 Å². The van der Waals surface area contributed by atoms with Gasteiger partial charge in [0.05, 0.1) is 11.1 Å². The number of benzene rings is 1. The maximum absolute atomic E-state index is 14.1. The summed E-state index contributed by atoms with van der Waals surface area (Å²) < 4.78 is 14.1. The van der Waals surface area contributed by atoms with E-state index in [0.717, 1.165) is 12.8 Å². The van der Waals surface area contributed by atoms with E-state index in [1.165, 1.54) is 6.07 Å². The van der Waals surface area contributed by atoms with Crippen LogP contribution < -0.4 is 5.73 Å². The molecular formula is C13H14ClFN2O. The van der Waals surface area contributed by atoms with Gasteiger partial charge in [0.2, 0.25) is 5.91 Å². The Balaban J connectivity index is 2.02. The molecule has 96 valence electrons. The fourth-order valence-electron chi connectivity index (χ4n) is 2.69. The second-order valence-electron chi connectivity index (χ2n) is 4.99. The second kappa shape index (κ2) is 4.21. The summed E-state index contributed by atoms with van der Waals surface area (Å²) in [6.45, 7) is 0. The van der Waals surface area contributed by atoms with Crippen LogP contribution in [0.3, 0.4) is 0 Å². The Labute approximate surface area is 110 Å². The van der Waals surface area contributed by atoms with Crippen molar-refractivity contribution in [3.63, 3.8) is 0 Å². The average molecular weight is 269 g/mol. The molecule has 2 atom stereocenters. The molecule has 5 heteroatoms. The number of hydrogen-bond donors (Lipinski definition) is 1. The van der Waals surface area contributed by atoms with Crippen molar-refractivity contribution < 1.29 is 9.18 Å². The molecule has 1 aromatic rings. The van der Waals surface area contributed by atoms with Gasteiger partial charge in [-0.2, -0.15) is 0 Å². The van der Waals surface area contributed by atoms with Crippen LogP contribution in [-0.4, -0.2) is 22.9 Å². The van der Waals surface area contributed by atoms with Crippen LogP contribution in [0.15, 0.2) is 18.2 Å². The molecule has 0 bridgehead atoms. The fraction of sp³-hybridized carbons (Fsp3) is 0.462. The second-order valence-corrected chi connectivity index (χ2v) is 5.40. The van der Waals surface area contributed by atoms with Crippen molar-refractivity contribution in [1.82, 2.24) is 4.90 Å². The number of carbonyl (C=O) groups excluding carboxylic acids is 1. The zero-order chi connectivity index (χ0) is 12.9. The number of carbonyl (C=O) groups is 1. The largest absolute Gasteiger partial charge is 0.331 e. The quantitative estimate of drug-likeness (QED) is 0.894. The first-order valence-corrected chi connectivity index (χ1v) is 6.48. The number of halogens is 2. The minimum absolute atomic E-state index is 0.0226. The van der Waals surface area contributed by atoms with E-state index in [2.05, 4.69) is 0 Å². The molecule has 2 fully saturated rings. The fourth-order valence-corrected chi connectivity index (χ4v) is 2.87. The first kappa shape index (κ1) is 11.9. The van der Waals surface area contributed by atoms with Crippen molar-refractivity contribution in [2.24, 2.45) is 5.73 Å². The molecular weight excluding hydrogens is 255 g/mol. The minimum Gasteiger partial charge on any atom is -0.331 e. The van der Waals surface area contributed by atoms with Crippen LogP contribution in [0.5, 0.6) is 0 Å². The Morgan fingerprint density at radius 3 is 2.78 bits per heavy atom. The van der Waals surface area contributed by atoms with Crippen LogP contribution in [0.1, 0.15) is 30.9 Å². The molecule has 0 aromatic heterocycles. The molecule has 18 heavy (non-hydrogen) atoms. The molecule has 1 aliphatic carbocycles. The predicted octanol–water partition coefficient (Wildman–Crippen LogP) is 2.24. The summed E-state index contributed by atoms with van der Waals surface area (Å²) in [5.74, 6) is -0.436. The number of likely N-dealkylation sites (tertiary alicyclic amines) is 1. The van der Waals surface area contributed by atoms with Crippen molar-refractivity contribution in [3.8, 4) is 0 Å².